The summed E-state index contributed by atoms with van der Waals surface area (Å²) in [5.74, 6) is 0.626. The molecule has 3 heterocycles. The van der Waals surface area contributed by atoms with E-state index in [0.29, 0.717) is 18.3 Å². The molecule has 4 rings (SSSR count). The van der Waals surface area contributed by atoms with Gasteiger partial charge in [-0.05, 0) is 22.9 Å². The fourth-order valence-electron chi connectivity index (χ4n) is 3.38. The number of thiophene rings is 1. The molecule has 0 aliphatic heterocycles. The Morgan fingerprint density at radius 3 is 2.77 bits per heavy atom. The van der Waals surface area contributed by atoms with Crippen LogP contribution in [0.25, 0.3) is 22.5 Å². The Hall–Kier alpha value is -3.20. The van der Waals surface area contributed by atoms with E-state index in [1.165, 1.54) is 4.88 Å². The van der Waals surface area contributed by atoms with Crippen molar-refractivity contribution in [3.8, 4) is 11.6 Å². The summed E-state index contributed by atoms with van der Waals surface area (Å²) in [7, 11) is 0. The van der Waals surface area contributed by atoms with E-state index in [2.05, 4.69) is 26.9 Å². The topological polar surface area (TPSA) is 106 Å². The van der Waals surface area contributed by atoms with E-state index in [0.717, 1.165) is 23.0 Å². The molecular weight excluding hydrogens is 402 g/mol. The molecule has 30 heavy (non-hydrogen) atoms. The smallest absolute Gasteiger partial charge is 0.405 e. The normalized spacial score (nSPS) is 12.9. The van der Waals surface area contributed by atoms with E-state index >= 15 is 0 Å². The van der Waals surface area contributed by atoms with E-state index in [-0.39, 0.29) is 0 Å². The molecule has 0 radical (unpaired) electrons. The summed E-state index contributed by atoms with van der Waals surface area (Å²) >= 11 is 1.71. The van der Waals surface area contributed by atoms with Gasteiger partial charge in [-0.1, -0.05) is 50.2 Å². The van der Waals surface area contributed by atoms with Crippen LogP contribution in [0.15, 0.2) is 46.3 Å². The number of hydrogen-bond acceptors (Lipinski definition) is 6. The first kappa shape index (κ1) is 20.1. The van der Waals surface area contributed by atoms with Crippen molar-refractivity contribution in [1.29, 1.82) is 0 Å². The molecule has 1 amide bonds. The molecule has 1 atom stereocenters. The highest BCUT2D eigenvalue weighted by atomic mass is 32.1. The van der Waals surface area contributed by atoms with Crippen LogP contribution in [-0.2, 0) is 13.0 Å². The van der Waals surface area contributed by atoms with E-state index in [1.807, 2.05) is 55.8 Å². The summed E-state index contributed by atoms with van der Waals surface area (Å²) in [5, 5.41) is 23.5. The number of amides is 1. The van der Waals surface area contributed by atoms with Gasteiger partial charge in [0.25, 0.3) is 5.89 Å². The molecule has 4 aromatic rings. The molecule has 0 spiro atoms. The lowest BCUT2D eigenvalue weighted by Crippen LogP contribution is -2.36. The summed E-state index contributed by atoms with van der Waals surface area (Å²) < 4.78 is 7.49. The van der Waals surface area contributed by atoms with E-state index in [1.54, 1.807) is 11.3 Å². The first-order valence-corrected chi connectivity index (χ1v) is 10.5. The number of benzene rings is 1. The van der Waals surface area contributed by atoms with Gasteiger partial charge in [0.2, 0.25) is 0 Å². The second-order valence-corrected chi connectivity index (χ2v) is 9.16. The van der Waals surface area contributed by atoms with Crippen LogP contribution in [0.5, 0.6) is 0 Å². The Labute approximate surface area is 177 Å². The quantitative estimate of drug-likeness (QED) is 0.462. The number of aromatic nitrogens is 4. The highest BCUT2D eigenvalue weighted by Crippen LogP contribution is 2.34. The van der Waals surface area contributed by atoms with Crippen molar-refractivity contribution in [3.63, 3.8) is 0 Å². The highest BCUT2D eigenvalue weighted by molar-refractivity contribution is 7.09. The van der Waals surface area contributed by atoms with Gasteiger partial charge in [-0.15, -0.1) is 11.3 Å². The van der Waals surface area contributed by atoms with Gasteiger partial charge in [-0.25, -0.2) is 4.79 Å². The summed E-state index contributed by atoms with van der Waals surface area (Å²) in [6, 6.07) is 11.3. The van der Waals surface area contributed by atoms with Crippen molar-refractivity contribution in [1.82, 2.24) is 25.2 Å². The van der Waals surface area contributed by atoms with Crippen molar-refractivity contribution in [2.24, 2.45) is 5.41 Å². The van der Waals surface area contributed by atoms with Crippen LogP contribution in [0, 0.1) is 5.41 Å². The maximum atomic E-state index is 11.3. The van der Waals surface area contributed by atoms with E-state index in [4.69, 9.17) is 9.62 Å². The number of rotatable bonds is 6. The van der Waals surface area contributed by atoms with E-state index in [9.17, 15) is 9.90 Å². The number of hydrogen-bond donors (Lipinski definition) is 2. The molecule has 0 saturated carbocycles. The van der Waals surface area contributed by atoms with Crippen molar-refractivity contribution >= 4 is 28.3 Å². The van der Waals surface area contributed by atoms with Gasteiger partial charge in [-0.3, -0.25) is 4.68 Å². The van der Waals surface area contributed by atoms with Gasteiger partial charge in [0.1, 0.15) is 11.7 Å². The lowest BCUT2D eigenvalue weighted by molar-refractivity contribution is 0.172. The number of nitrogens with zero attached hydrogens (tertiary/aromatic N) is 4. The second kappa shape index (κ2) is 7.91. The Morgan fingerprint density at radius 1 is 1.27 bits per heavy atom. The third-order valence-electron chi connectivity index (χ3n) is 4.83. The zero-order chi connectivity index (χ0) is 21.3. The SMILES string of the molecule is CC(C)(C)C(NC(=O)O)c1noc(-c2c3ccccc3nn2CCc2cccs2)n1. The maximum Gasteiger partial charge on any atom is 0.405 e. The van der Waals surface area contributed by atoms with Gasteiger partial charge in [0.15, 0.2) is 5.82 Å². The number of aryl methyl sites for hydroxylation is 2. The van der Waals surface area contributed by atoms with Crippen LogP contribution >= 0.6 is 11.3 Å². The molecule has 9 heteroatoms. The largest absolute Gasteiger partial charge is 0.465 e. The predicted molar refractivity (Wildman–Crippen MR) is 114 cm³/mol. The molecule has 0 aliphatic carbocycles. The first-order valence-electron chi connectivity index (χ1n) is 9.64. The monoisotopic (exact) mass is 425 g/mol. The molecular formula is C21H23N5O3S. The third kappa shape index (κ3) is 4.06. The summed E-state index contributed by atoms with van der Waals surface area (Å²) in [4.78, 5) is 17.1. The predicted octanol–water partition coefficient (Wildman–Crippen LogP) is 4.75. The Kier molecular flexibility index (Phi) is 5.29. The standard InChI is InChI=1S/C21H23N5O3S/c1-21(2,3)17(22-20(27)28)18-23-19(29-25-18)16-14-8-4-5-9-15(14)24-26(16)11-10-13-7-6-12-30-13/h4-9,12,17,22H,10-11H2,1-3H3,(H,27,28). The Bertz CT molecular complexity index is 1160. The van der Waals surface area contributed by atoms with Gasteiger partial charge >= 0.3 is 6.09 Å². The van der Waals surface area contributed by atoms with E-state index < -0.39 is 17.6 Å². The Morgan fingerprint density at radius 2 is 2.07 bits per heavy atom. The van der Waals surface area contributed by atoms with Crippen molar-refractivity contribution in [2.45, 2.75) is 39.8 Å². The minimum absolute atomic E-state index is 0.301. The van der Waals surface area contributed by atoms with Crippen molar-refractivity contribution in [3.05, 3.63) is 52.5 Å². The minimum atomic E-state index is -1.13. The first-order chi connectivity index (χ1) is 14.3. The van der Waals surface area contributed by atoms with Gasteiger partial charge < -0.3 is 14.9 Å². The van der Waals surface area contributed by atoms with Gasteiger partial charge in [-0.2, -0.15) is 10.1 Å². The average molecular weight is 426 g/mol. The highest BCUT2D eigenvalue weighted by Gasteiger charge is 2.33. The second-order valence-electron chi connectivity index (χ2n) is 8.12. The van der Waals surface area contributed by atoms with Gasteiger partial charge in [0, 0.05) is 23.2 Å². The summed E-state index contributed by atoms with van der Waals surface area (Å²) in [5.41, 5.74) is 1.15. The van der Waals surface area contributed by atoms with Crippen LogP contribution in [0.2, 0.25) is 0 Å². The third-order valence-corrected chi connectivity index (χ3v) is 5.77. The zero-order valence-corrected chi connectivity index (χ0v) is 17.8. The molecule has 1 unspecified atom stereocenters. The lowest BCUT2D eigenvalue weighted by atomic mass is 9.86. The summed E-state index contributed by atoms with van der Waals surface area (Å²) in [6.07, 6.45) is -0.294. The van der Waals surface area contributed by atoms with Crippen molar-refractivity contribution in [2.75, 3.05) is 0 Å². The van der Waals surface area contributed by atoms with Crippen LogP contribution < -0.4 is 5.32 Å². The minimum Gasteiger partial charge on any atom is -0.465 e. The van der Waals surface area contributed by atoms with Gasteiger partial charge in [0.05, 0.1) is 5.52 Å². The number of nitrogens with one attached hydrogen (secondary N) is 1. The molecule has 0 fully saturated rings. The van der Waals surface area contributed by atoms with Crippen LogP contribution in [0.1, 0.15) is 37.5 Å². The maximum absolute atomic E-state index is 11.3. The van der Waals surface area contributed by atoms with Crippen LogP contribution in [0.3, 0.4) is 0 Å². The molecule has 0 bridgehead atoms. The molecule has 1 aromatic carbocycles. The Balaban J connectivity index is 1.73. The summed E-state index contributed by atoms with van der Waals surface area (Å²) in [6.45, 7) is 6.43. The molecule has 0 aliphatic rings. The molecule has 8 nitrogen and oxygen atoms in total. The zero-order valence-electron chi connectivity index (χ0n) is 17.0. The fraction of sp³-hybridized carbons (Fsp3) is 0.333. The number of carbonyl (C=O) groups is 1. The number of carboxylic acid groups (broad SMARTS) is 1. The molecule has 156 valence electrons. The van der Waals surface area contributed by atoms with Crippen molar-refractivity contribution < 1.29 is 14.4 Å². The lowest BCUT2D eigenvalue weighted by Gasteiger charge is -2.27. The van der Waals surface area contributed by atoms with Crippen LogP contribution in [0.4, 0.5) is 4.79 Å². The van der Waals surface area contributed by atoms with Crippen LogP contribution in [-0.4, -0.2) is 31.1 Å². The molecule has 3 aromatic heterocycles. The average Bonchev–Trinajstić information content (AvgIpc) is 3.42. The fourth-order valence-corrected chi connectivity index (χ4v) is 4.08. The molecule has 2 N–H and O–H groups in total. The number of fused-ring (bicyclic) bond motifs is 1. The molecule has 0 saturated heterocycles.